The Morgan fingerprint density at radius 1 is 0.879 bits per heavy atom. The molecule has 2 rings (SSSR count). The first-order valence-electron chi connectivity index (χ1n) is 14.0. The number of carbonyl (C=O) groups excluding carboxylic acids is 2. The summed E-state index contributed by atoms with van der Waals surface area (Å²) in [6, 6.07) is 0. The highest BCUT2D eigenvalue weighted by molar-refractivity contribution is 6.36. The smallest absolute Gasteiger partial charge is 0.289 e. The lowest BCUT2D eigenvalue weighted by atomic mass is 9.93. The van der Waals surface area contributed by atoms with Gasteiger partial charge in [0.25, 0.3) is 5.91 Å². The summed E-state index contributed by atoms with van der Waals surface area (Å²) in [5.74, 6) is 1.37. The maximum Gasteiger partial charge on any atom is 0.289 e. The van der Waals surface area contributed by atoms with E-state index in [1.54, 1.807) is 4.90 Å². The summed E-state index contributed by atoms with van der Waals surface area (Å²) in [7, 11) is 0. The molecule has 1 amide bonds. The molecular weight excluding hydrogens is 410 g/mol. The zero-order chi connectivity index (χ0) is 23.7. The van der Waals surface area contributed by atoms with Gasteiger partial charge in [0.15, 0.2) is 0 Å². The zero-order valence-corrected chi connectivity index (χ0v) is 21.5. The molecule has 5 heteroatoms. The molecule has 0 bridgehead atoms. The number of piperidine rings is 1. The zero-order valence-electron chi connectivity index (χ0n) is 21.5. The third kappa shape index (κ3) is 10.9. The number of aromatic nitrogens is 2. The first-order valence-corrected chi connectivity index (χ1v) is 14.0. The molecule has 1 aliphatic heterocycles. The number of aryl methyl sites for hydroxylation is 2. The van der Waals surface area contributed by atoms with Crippen molar-refractivity contribution in [2.24, 2.45) is 5.92 Å². The van der Waals surface area contributed by atoms with E-state index in [-0.39, 0.29) is 11.7 Å². The Morgan fingerprint density at radius 2 is 1.45 bits per heavy atom. The summed E-state index contributed by atoms with van der Waals surface area (Å²) in [6.07, 6.45) is 23.8. The van der Waals surface area contributed by atoms with Crippen molar-refractivity contribution in [3.63, 3.8) is 0 Å². The van der Waals surface area contributed by atoms with Crippen molar-refractivity contribution in [1.29, 1.82) is 0 Å². The summed E-state index contributed by atoms with van der Waals surface area (Å²) < 4.78 is 2.25. The van der Waals surface area contributed by atoms with Crippen LogP contribution >= 0.6 is 0 Å². The second-order valence-electron chi connectivity index (χ2n) is 9.98. The van der Waals surface area contributed by atoms with Gasteiger partial charge in [-0.15, -0.1) is 0 Å². The van der Waals surface area contributed by atoms with Crippen LogP contribution in [0.15, 0.2) is 12.4 Å². The monoisotopic (exact) mass is 459 g/mol. The average Bonchev–Trinajstić information content (AvgIpc) is 3.31. The lowest BCUT2D eigenvalue weighted by Gasteiger charge is -2.31. The van der Waals surface area contributed by atoms with E-state index in [4.69, 9.17) is 0 Å². The molecular formula is C28H49N3O2. The minimum atomic E-state index is -0.237. The van der Waals surface area contributed by atoms with Gasteiger partial charge in [0.05, 0.1) is 0 Å². The predicted octanol–water partition coefficient (Wildman–Crippen LogP) is 6.73. The van der Waals surface area contributed by atoms with E-state index in [0.29, 0.717) is 12.3 Å². The number of ketones is 1. The number of nitrogens with zero attached hydrogens (tertiary/aromatic N) is 3. The van der Waals surface area contributed by atoms with Crippen LogP contribution in [0.25, 0.3) is 0 Å². The second kappa shape index (κ2) is 16.9. The summed E-state index contributed by atoms with van der Waals surface area (Å²) in [5.41, 5.74) is 0. The van der Waals surface area contributed by atoms with Gasteiger partial charge >= 0.3 is 0 Å². The SMILES string of the molecule is CCCCCCCCCCCCCCC(=O)C(=O)N1CCC(CCn2ccnc2CC)CC1. The van der Waals surface area contributed by atoms with Gasteiger partial charge < -0.3 is 9.47 Å². The maximum absolute atomic E-state index is 12.5. The Bertz CT molecular complexity index is 662. The van der Waals surface area contributed by atoms with Crippen LogP contribution in [-0.4, -0.2) is 39.2 Å². The molecule has 0 unspecified atom stereocenters. The molecule has 0 saturated carbocycles. The van der Waals surface area contributed by atoms with Gasteiger partial charge in [0.1, 0.15) is 5.82 Å². The fourth-order valence-electron chi connectivity index (χ4n) is 5.01. The molecule has 33 heavy (non-hydrogen) atoms. The number of rotatable bonds is 18. The van der Waals surface area contributed by atoms with Crippen molar-refractivity contribution in [1.82, 2.24) is 14.5 Å². The van der Waals surface area contributed by atoms with Crippen molar-refractivity contribution in [3.8, 4) is 0 Å². The topological polar surface area (TPSA) is 55.2 Å². The molecule has 2 heterocycles. The van der Waals surface area contributed by atoms with Crippen LogP contribution in [0.5, 0.6) is 0 Å². The highest BCUT2D eigenvalue weighted by atomic mass is 16.2. The minimum absolute atomic E-state index is 0.175. The molecule has 188 valence electrons. The Morgan fingerprint density at radius 3 is 2.03 bits per heavy atom. The third-order valence-electron chi connectivity index (χ3n) is 7.29. The van der Waals surface area contributed by atoms with Gasteiger partial charge in [0.2, 0.25) is 5.78 Å². The lowest BCUT2D eigenvalue weighted by molar-refractivity contribution is -0.145. The number of hydrogen-bond acceptors (Lipinski definition) is 3. The van der Waals surface area contributed by atoms with Crippen molar-refractivity contribution < 1.29 is 9.59 Å². The van der Waals surface area contributed by atoms with E-state index in [1.807, 2.05) is 6.20 Å². The van der Waals surface area contributed by atoms with Crippen LogP contribution in [-0.2, 0) is 22.6 Å². The van der Waals surface area contributed by atoms with E-state index in [9.17, 15) is 9.59 Å². The minimum Gasteiger partial charge on any atom is -0.336 e. The average molecular weight is 460 g/mol. The van der Waals surface area contributed by atoms with Crippen LogP contribution in [0.4, 0.5) is 0 Å². The van der Waals surface area contributed by atoms with Gasteiger partial charge in [-0.05, 0) is 31.6 Å². The molecule has 0 aliphatic carbocycles. The lowest BCUT2D eigenvalue weighted by Crippen LogP contribution is -2.42. The molecule has 5 nitrogen and oxygen atoms in total. The summed E-state index contributed by atoms with van der Waals surface area (Å²) in [5, 5.41) is 0. The molecule has 1 aliphatic rings. The molecule has 1 aromatic heterocycles. The molecule has 0 atom stereocenters. The van der Waals surface area contributed by atoms with E-state index in [0.717, 1.165) is 64.0 Å². The molecule has 0 radical (unpaired) electrons. The quantitative estimate of drug-likeness (QED) is 0.180. The van der Waals surface area contributed by atoms with Crippen LogP contribution in [0.3, 0.4) is 0 Å². The first-order chi connectivity index (χ1) is 16.2. The number of Topliss-reactive ketones (excluding diaryl/α,β-unsaturated/α-hetero) is 1. The van der Waals surface area contributed by atoms with Gasteiger partial charge in [-0.2, -0.15) is 0 Å². The molecule has 1 aromatic rings. The van der Waals surface area contributed by atoms with Crippen LogP contribution in [0.1, 0.15) is 122 Å². The fraction of sp³-hybridized carbons (Fsp3) is 0.821. The maximum atomic E-state index is 12.5. The van der Waals surface area contributed by atoms with E-state index in [2.05, 4.69) is 29.6 Å². The van der Waals surface area contributed by atoms with Gasteiger partial charge in [-0.3, -0.25) is 9.59 Å². The number of imidazole rings is 1. The number of unbranched alkanes of at least 4 members (excludes halogenated alkanes) is 11. The van der Waals surface area contributed by atoms with Crippen LogP contribution < -0.4 is 0 Å². The normalized spacial score (nSPS) is 14.7. The van der Waals surface area contributed by atoms with Crippen molar-refractivity contribution >= 4 is 11.7 Å². The molecule has 0 N–H and O–H groups in total. The Balaban J connectivity index is 1.47. The molecule has 1 fully saturated rings. The largest absolute Gasteiger partial charge is 0.336 e. The number of hydrogen-bond donors (Lipinski definition) is 0. The number of amides is 1. The van der Waals surface area contributed by atoms with E-state index >= 15 is 0 Å². The molecule has 0 aromatic carbocycles. The summed E-state index contributed by atoms with van der Waals surface area (Å²) in [4.78, 5) is 31.1. The Kier molecular flexibility index (Phi) is 14.1. The first kappa shape index (κ1) is 27.6. The third-order valence-corrected chi connectivity index (χ3v) is 7.29. The predicted molar refractivity (Wildman–Crippen MR) is 136 cm³/mol. The number of carbonyl (C=O) groups is 2. The highest BCUT2D eigenvalue weighted by Crippen LogP contribution is 2.22. The highest BCUT2D eigenvalue weighted by Gasteiger charge is 2.26. The van der Waals surface area contributed by atoms with Gasteiger partial charge in [-0.1, -0.05) is 84.5 Å². The standard InChI is InChI=1S/C28H49N3O2/c1-3-5-6-7-8-9-10-11-12-13-14-15-16-26(32)28(33)31-22-18-25(19-23-31)17-21-30-24-20-29-27(30)4-2/h20,24-25H,3-19,21-23H2,1-2H3. The van der Waals surface area contributed by atoms with Crippen LogP contribution in [0.2, 0.25) is 0 Å². The molecule has 1 saturated heterocycles. The van der Waals surface area contributed by atoms with Gasteiger partial charge in [0, 0.05) is 44.9 Å². The van der Waals surface area contributed by atoms with E-state index in [1.165, 1.54) is 64.2 Å². The van der Waals surface area contributed by atoms with Crippen molar-refractivity contribution in [3.05, 3.63) is 18.2 Å². The van der Waals surface area contributed by atoms with Gasteiger partial charge in [-0.25, -0.2) is 4.98 Å². The second-order valence-corrected chi connectivity index (χ2v) is 9.98. The molecule has 0 spiro atoms. The Hall–Kier alpha value is -1.65. The summed E-state index contributed by atoms with van der Waals surface area (Å²) in [6.45, 7) is 6.87. The Labute approximate surface area is 202 Å². The van der Waals surface area contributed by atoms with Crippen molar-refractivity contribution in [2.45, 2.75) is 130 Å². The van der Waals surface area contributed by atoms with E-state index < -0.39 is 0 Å². The van der Waals surface area contributed by atoms with Crippen LogP contribution in [0, 0.1) is 5.92 Å². The van der Waals surface area contributed by atoms with Crippen molar-refractivity contribution in [2.75, 3.05) is 13.1 Å². The number of likely N-dealkylation sites (tertiary alicyclic amines) is 1. The summed E-state index contributed by atoms with van der Waals surface area (Å²) >= 11 is 0. The fourth-order valence-corrected chi connectivity index (χ4v) is 5.01.